The summed E-state index contributed by atoms with van der Waals surface area (Å²) in [6.07, 6.45) is 0.122. The fourth-order valence-corrected chi connectivity index (χ4v) is 2.10. The molecule has 104 valence electrons. The van der Waals surface area contributed by atoms with Crippen molar-refractivity contribution in [2.24, 2.45) is 11.7 Å². The molecule has 0 radical (unpaired) electrons. The largest absolute Gasteiger partial charge is 0.491 e. The number of esters is 2. The highest BCUT2D eigenvalue weighted by molar-refractivity contribution is 5.90. The van der Waals surface area contributed by atoms with Gasteiger partial charge in [0.05, 0.1) is 0 Å². The number of alkyl halides is 3. The van der Waals surface area contributed by atoms with Crippen molar-refractivity contribution in [3.05, 3.63) is 0 Å². The van der Waals surface area contributed by atoms with Gasteiger partial charge in [0, 0.05) is 0 Å². The topological polar surface area (TPSA) is 69.4 Å². The van der Waals surface area contributed by atoms with Crippen LogP contribution in [0.1, 0.15) is 38.5 Å². The van der Waals surface area contributed by atoms with Crippen molar-refractivity contribution >= 4 is 11.9 Å². The van der Waals surface area contributed by atoms with Gasteiger partial charge < -0.3 is 10.5 Å². The number of hydrogen-bond donors (Lipinski definition) is 1. The third kappa shape index (κ3) is 4.64. The summed E-state index contributed by atoms with van der Waals surface area (Å²) in [6.45, 7) is 0. The van der Waals surface area contributed by atoms with Gasteiger partial charge in [-0.15, -0.1) is 0 Å². The van der Waals surface area contributed by atoms with Crippen molar-refractivity contribution in [1.29, 1.82) is 0 Å². The Morgan fingerprint density at radius 1 is 1.22 bits per heavy atom. The van der Waals surface area contributed by atoms with Gasteiger partial charge in [0.15, 0.2) is 0 Å². The van der Waals surface area contributed by atoms with E-state index in [2.05, 4.69) is 4.74 Å². The van der Waals surface area contributed by atoms with Crippen LogP contribution in [0.5, 0.6) is 0 Å². The van der Waals surface area contributed by atoms with Gasteiger partial charge in [-0.2, -0.15) is 13.2 Å². The second-order valence-corrected chi connectivity index (χ2v) is 4.55. The van der Waals surface area contributed by atoms with Gasteiger partial charge in [0.1, 0.15) is 6.04 Å². The Labute approximate surface area is 103 Å². The maximum absolute atomic E-state index is 11.9. The van der Waals surface area contributed by atoms with Crippen LogP contribution < -0.4 is 5.73 Å². The molecule has 1 atom stereocenters. The maximum Gasteiger partial charge on any atom is 0.491 e. The molecule has 0 heterocycles. The Bertz CT molecular complexity index is 311. The first kappa shape index (κ1) is 14.9. The zero-order valence-electron chi connectivity index (χ0n) is 9.83. The Morgan fingerprint density at radius 3 is 2.28 bits per heavy atom. The average molecular weight is 267 g/mol. The summed E-state index contributed by atoms with van der Waals surface area (Å²) in [5.41, 5.74) is 5.45. The van der Waals surface area contributed by atoms with Gasteiger partial charge in [-0.1, -0.05) is 32.1 Å². The van der Waals surface area contributed by atoms with E-state index in [0.29, 0.717) is 0 Å². The highest BCUT2D eigenvalue weighted by Gasteiger charge is 2.43. The lowest BCUT2D eigenvalue weighted by molar-refractivity contribution is -0.202. The van der Waals surface area contributed by atoms with E-state index in [1.54, 1.807) is 0 Å². The van der Waals surface area contributed by atoms with Crippen LogP contribution in [-0.4, -0.2) is 24.2 Å². The molecule has 0 amide bonds. The molecule has 0 spiro atoms. The summed E-state index contributed by atoms with van der Waals surface area (Å²) in [7, 11) is 0. The van der Waals surface area contributed by atoms with Gasteiger partial charge in [-0.05, 0) is 12.3 Å². The Kier molecular flexibility index (Phi) is 5.13. The van der Waals surface area contributed by atoms with Gasteiger partial charge in [-0.3, -0.25) is 0 Å². The van der Waals surface area contributed by atoms with Crippen LogP contribution in [0, 0.1) is 5.92 Å². The summed E-state index contributed by atoms with van der Waals surface area (Å²) >= 11 is 0. The van der Waals surface area contributed by atoms with Crippen LogP contribution >= 0.6 is 0 Å². The van der Waals surface area contributed by atoms with Crippen molar-refractivity contribution < 1.29 is 27.5 Å². The third-order valence-electron chi connectivity index (χ3n) is 3.04. The summed E-state index contributed by atoms with van der Waals surface area (Å²) in [5, 5.41) is 0. The molecule has 0 bridgehead atoms. The van der Waals surface area contributed by atoms with E-state index in [9.17, 15) is 22.8 Å². The Hall–Kier alpha value is -1.11. The molecular weight excluding hydrogens is 251 g/mol. The van der Waals surface area contributed by atoms with Crippen LogP contribution in [-0.2, 0) is 14.3 Å². The fourth-order valence-electron chi connectivity index (χ4n) is 2.10. The summed E-state index contributed by atoms with van der Waals surface area (Å²) in [4.78, 5) is 21.7. The first-order valence-corrected chi connectivity index (χ1v) is 5.89. The molecule has 0 aromatic heterocycles. The number of rotatable bonds is 3. The van der Waals surface area contributed by atoms with Crippen molar-refractivity contribution in [1.82, 2.24) is 0 Å². The predicted molar refractivity (Wildman–Crippen MR) is 56.3 cm³/mol. The van der Waals surface area contributed by atoms with Crippen molar-refractivity contribution in [2.45, 2.75) is 50.7 Å². The number of hydrogen-bond acceptors (Lipinski definition) is 4. The quantitative estimate of drug-likeness (QED) is 0.626. The monoisotopic (exact) mass is 267 g/mol. The van der Waals surface area contributed by atoms with Gasteiger partial charge >= 0.3 is 18.1 Å². The van der Waals surface area contributed by atoms with E-state index in [4.69, 9.17) is 5.73 Å². The number of nitrogens with two attached hydrogens (primary N) is 1. The molecule has 0 aliphatic heterocycles. The number of carbonyl (C=O) groups is 2. The van der Waals surface area contributed by atoms with Crippen LogP contribution in [0.3, 0.4) is 0 Å². The average Bonchev–Trinajstić information content (AvgIpc) is 2.28. The minimum Gasteiger partial charge on any atom is -0.385 e. The molecule has 4 nitrogen and oxygen atoms in total. The van der Waals surface area contributed by atoms with E-state index < -0.39 is 24.2 Å². The van der Waals surface area contributed by atoms with Gasteiger partial charge in [0.25, 0.3) is 0 Å². The highest BCUT2D eigenvalue weighted by atomic mass is 19.4. The zero-order chi connectivity index (χ0) is 13.8. The molecule has 0 saturated heterocycles. The minimum atomic E-state index is -5.17. The molecular formula is C11H16F3NO3. The van der Waals surface area contributed by atoms with Crippen LogP contribution in [0.4, 0.5) is 13.2 Å². The molecule has 7 heteroatoms. The molecule has 2 N–H and O–H groups in total. The smallest absolute Gasteiger partial charge is 0.385 e. The molecule has 0 aromatic rings. The van der Waals surface area contributed by atoms with Crippen molar-refractivity contribution in [3.63, 3.8) is 0 Å². The molecule has 0 aromatic carbocycles. The fraction of sp³-hybridized carbons (Fsp3) is 0.818. The van der Waals surface area contributed by atoms with E-state index in [0.717, 1.165) is 32.1 Å². The number of carbonyl (C=O) groups excluding carboxylic acids is 2. The summed E-state index contributed by atoms with van der Waals surface area (Å²) in [6, 6.07) is -1.17. The van der Waals surface area contributed by atoms with Crippen molar-refractivity contribution in [2.75, 3.05) is 0 Å². The zero-order valence-corrected chi connectivity index (χ0v) is 9.83. The maximum atomic E-state index is 11.9. The molecule has 1 aliphatic rings. The first-order chi connectivity index (χ1) is 8.30. The second-order valence-electron chi connectivity index (χ2n) is 4.55. The van der Waals surface area contributed by atoms with E-state index in [-0.39, 0.29) is 12.3 Å². The lowest BCUT2D eigenvalue weighted by Crippen LogP contribution is -2.39. The Balaban J connectivity index is 2.39. The van der Waals surface area contributed by atoms with Gasteiger partial charge in [-0.25, -0.2) is 9.59 Å². The van der Waals surface area contributed by atoms with Crippen molar-refractivity contribution in [3.8, 4) is 0 Å². The molecule has 18 heavy (non-hydrogen) atoms. The molecule has 1 rings (SSSR count). The molecule has 1 fully saturated rings. The second kappa shape index (κ2) is 6.17. The Morgan fingerprint density at radius 2 is 1.78 bits per heavy atom. The molecule has 1 aliphatic carbocycles. The molecule has 0 unspecified atom stereocenters. The van der Waals surface area contributed by atoms with Crippen LogP contribution in [0.2, 0.25) is 0 Å². The normalized spacial score (nSPS) is 19.3. The highest BCUT2D eigenvalue weighted by Crippen LogP contribution is 2.27. The summed E-state index contributed by atoms with van der Waals surface area (Å²) < 4.78 is 39.3. The van der Waals surface area contributed by atoms with Crippen LogP contribution in [0.15, 0.2) is 0 Å². The predicted octanol–water partition coefficient (Wildman–Crippen LogP) is 1.92. The lowest BCUT2D eigenvalue weighted by Gasteiger charge is -2.23. The standard InChI is InChI=1S/C11H16F3NO3/c12-11(13,14)10(17)18-9(16)8(15)6-7-4-2-1-3-5-7/h7-8H,1-6,15H2/t8-/m1/s1. The minimum absolute atomic E-state index is 0.224. The summed E-state index contributed by atoms with van der Waals surface area (Å²) in [5.74, 6) is -3.59. The van der Waals surface area contributed by atoms with Gasteiger partial charge in [0.2, 0.25) is 0 Å². The SMILES string of the molecule is N[C@H](CC1CCCCC1)C(=O)OC(=O)C(F)(F)F. The lowest BCUT2D eigenvalue weighted by atomic mass is 9.85. The van der Waals surface area contributed by atoms with E-state index in [1.807, 2.05) is 0 Å². The van der Waals surface area contributed by atoms with E-state index in [1.165, 1.54) is 0 Å². The first-order valence-electron chi connectivity index (χ1n) is 5.89. The molecule has 1 saturated carbocycles. The van der Waals surface area contributed by atoms with E-state index >= 15 is 0 Å². The third-order valence-corrected chi connectivity index (χ3v) is 3.04. The number of halogens is 3. The number of ether oxygens (including phenoxy) is 1. The van der Waals surface area contributed by atoms with Crippen LogP contribution in [0.25, 0.3) is 0 Å².